The van der Waals surface area contributed by atoms with Gasteiger partial charge in [-0.3, -0.25) is 0 Å². The smallest absolute Gasteiger partial charge is 0.337 e. The van der Waals surface area contributed by atoms with Crippen molar-refractivity contribution in [2.75, 3.05) is 7.11 Å². The van der Waals surface area contributed by atoms with Gasteiger partial charge in [-0.25, -0.2) is 4.79 Å². The quantitative estimate of drug-likeness (QED) is 0.848. The zero-order chi connectivity index (χ0) is 13.7. The molecule has 3 nitrogen and oxygen atoms in total. The Bertz CT molecular complexity index is 423. The second-order valence-electron chi connectivity index (χ2n) is 5.51. The molecular formula is C16H23NO2. The number of hydrogen-bond acceptors (Lipinski definition) is 3. The Labute approximate surface area is 115 Å². The molecule has 19 heavy (non-hydrogen) atoms. The fourth-order valence-corrected chi connectivity index (χ4v) is 2.82. The number of esters is 1. The normalized spacial score (nSPS) is 23.1. The van der Waals surface area contributed by atoms with E-state index in [1.54, 1.807) is 6.07 Å². The first-order valence-electron chi connectivity index (χ1n) is 7.12. The van der Waals surface area contributed by atoms with E-state index in [4.69, 9.17) is 10.5 Å². The van der Waals surface area contributed by atoms with E-state index in [2.05, 4.69) is 6.07 Å². The SMILES string of the molecule is COC(=O)c1cccc(CCC2CCC(N)CC2)c1. The molecule has 0 aromatic heterocycles. The van der Waals surface area contributed by atoms with Gasteiger partial charge >= 0.3 is 5.97 Å². The molecule has 0 amide bonds. The number of carbonyl (C=O) groups is 1. The first-order chi connectivity index (χ1) is 9.19. The molecule has 104 valence electrons. The Morgan fingerprint density at radius 2 is 2.05 bits per heavy atom. The summed E-state index contributed by atoms with van der Waals surface area (Å²) in [5, 5.41) is 0. The van der Waals surface area contributed by atoms with Gasteiger partial charge in [0.2, 0.25) is 0 Å². The molecule has 0 saturated heterocycles. The summed E-state index contributed by atoms with van der Waals surface area (Å²) in [6, 6.07) is 8.17. The van der Waals surface area contributed by atoms with Crippen LogP contribution in [-0.4, -0.2) is 19.1 Å². The number of aryl methyl sites for hydroxylation is 1. The number of nitrogens with two attached hydrogens (primary N) is 1. The zero-order valence-corrected chi connectivity index (χ0v) is 11.6. The first kappa shape index (κ1) is 14.1. The van der Waals surface area contributed by atoms with Crippen molar-refractivity contribution in [1.29, 1.82) is 0 Å². The average molecular weight is 261 g/mol. The van der Waals surface area contributed by atoms with Crippen LogP contribution in [-0.2, 0) is 11.2 Å². The highest BCUT2D eigenvalue weighted by atomic mass is 16.5. The molecule has 2 N–H and O–H groups in total. The largest absolute Gasteiger partial charge is 0.465 e. The average Bonchev–Trinajstić information content (AvgIpc) is 2.46. The van der Waals surface area contributed by atoms with E-state index in [-0.39, 0.29) is 5.97 Å². The number of ether oxygens (including phenoxy) is 1. The summed E-state index contributed by atoms with van der Waals surface area (Å²) in [6.45, 7) is 0. The Morgan fingerprint density at radius 1 is 1.32 bits per heavy atom. The lowest BCUT2D eigenvalue weighted by Gasteiger charge is -2.25. The highest BCUT2D eigenvalue weighted by molar-refractivity contribution is 5.89. The van der Waals surface area contributed by atoms with Gasteiger partial charge < -0.3 is 10.5 Å². The topological polar surface area (TPSA) is 52.3 Å². The van der Waals surface area contributed by atoms with E-state index >= 15 is 0 Å². The second kappa shape index (κ2) is 6.71. The van der Waals surface area contributed by atoms with Crippen LogP contribution >= 0.6 is 0 Å². The maximum atomic E-state index is 11.5. The lowest BCUT2D eigenvalue weighted by molar-refractivity contribution is 0.0600. The molecule has 1 aromatic rings. The molecule has 0 atom stereocenters. The van der Waals surface area contributed by atoms with Crippen molar-refractivity contribution in [2.24, 2.45) is 11.7 Å². The van der Waals surface area contributed by atoms with Crippen LogP contribution < -0.4 is 5.73 Å². The summed E-state index contributed by atoms with van der Waals surface area (Å²) < 4.78 is 4.74. The fraction of sp³-hybridized carbons (Fsp3) is 0.562. The van der Waals surface area contributed by atoms with E-state index < -0.39 is 0 Å². The molecule has 2 rings (SSSR count). The molecule has 0 aliphatic heterocycles. The molecule has 0 spiro atoms. The standard InChI is InChI=1S/C16H23NO2/c1-19-16(18)14-4-2-3-13(11-14)6-5-12-7-9-15(17)10-8-12/h2-4,11-12,15H,5-10,17H2,1H3. The summed E-state index contributed by atoms with van der Waals surface area (Å²) in [5.74, 6) is 0.534. The number of hydrogen-bond donors (Lipinski definition) is 1. The van der Waals surface area contributed by atoms with Crippen molar-refractivity contribution in [3.8, 4) is 0 Å². The van der Waals surface area contributed by atoms with E-state index in [1.165, 1.54) is 31.9 Å². The van der Waals surface area contributed by atoms with Gasteiger partial charge in [-0.05, 0) is 62.1 Å². The fourth-order valence-electron chi connectivity index (χ4n) is 2.82. The molecule has 0 bridgehead atoms. The van der Waals surface area contributed by atoms with Crippen LogP contribution in [0, 0.1) is 5.92 Å². The highest BCUT2D eigenvalue weighted by Crippen LogP contribution is 2.27. The summed E-state index contributed by atoms with van der Waals surface area (Å²) in [4.78, 5) is 11.5. The van der Waals surface area contributed by atoms with Gasteiger partial charge in [0.1, 0.15) is 0 Å². The molecule has 1 fully saturated rings. The minimum Gasteiger partial charge on any atom is -0.465 e. The third kappa shape index (κ3) is 4.06. The molecule has 1 saturated carbocycles. The number of benzene rings is 1. The van der Waals surface area contributed by atoms with Gasteiger partial charge in [0.25, 0.3) is 0 Å². The van der Waals surface area contributed by atoms with Crippen LogP contribution in [0.25, 0.3) is 0 Å². The van der Waals surface area contributed by atoms with Crippen molar-refractivity contribution in [1.82, 2.24) is 0 Å². The monoisotopic (exact) mass is 261 g/mol. The van der Waals surface area contributed by atoms with Crippen molar-refractivity contribution in [3.05, 3.63) is 35.4 Å². The van der Waals surface area contributed by atoms with Gasteiger partial charge in [0.15, 0.2) is 0 Å². The van der Waals surface area contributed by atoms with Gasteiger partial charge in [-0.2, -0.15) is 0 Å². The summed E-state index contributed by atoms with van der Waals surface area (Å²) >= 11 is 0. The third-order valence-electron chi connectivity index (χ3n) is 4.08. The van der Waals surface area contributed by atoms with Crippen LogP contribution in [0.5, 0.6) is 0 Å². The Morgan fingerprint density at radius 3 is 2.74 bits per heavy atom. The van der Waals surface area contributed by atoms with Crippen LogP contribution in [0.4, 0.5) is 0 Å². The maximum absolute atomic E-state index is 11.5. The number of carbonyl (C=O) groups excluding carboxylic acids is 1. The van der Waals surface area contributed by atoms with Crippen LogP contribution in [0.3, 0.4) is 0 Å². The molecule has 3 heteroatoms. The van der Waals surface area contributed by atoms with E-state index in [0.29, 0.717) is 11.6 Å². The second-order valence-corrected chi connectivity index (χ2v) is 5.51. The van der Waals surface area contributed by atoms with Crippen molar-refractivity contribution in [3.63, 3.8) is 0 Å². The van der Waals surface area contributed by atoms with Crippen LogP contribution in [0.2, 0.25) is 0 Å². The Kier molecular flexibility index (Phi) is 4.97. The lowest BCUT2D eigenvalue weighted by atomic mass is 9.83. The summed E-state index contributed by atoms with van der Waals surface area (Å²) in [6.07, 6.45) is 7.04. The van der Waals surface area contributed by atoms with Gasteiger partial charge in [-0.15, -0.1) is 0 Å². The van der Waals surface area contributed by atoms with E-state index in [9.17, 15) is 4.79 Å². The van der Waals surface area contributed by atoms with Crippen LogP contribution in [0.1, 0.15) is 48.0 Å². The molecular weight excluding hydrogens is 238 g/mol. The van der Waals surface area contributed by atoms with E-state index in [1.807, 2.05) is 12.1 Å². The van der Waals surface area contributed by atoms with E-state index in [0.717, 1.165) is 25.2 Å². The van der Waals surface area contributed by atoms with Gasteiger partial charge in [0, 0.05) is 6.04 Å². The zero-order valence-electron chi connectivity index (χ0n) is 11.6. The predicted octanol–water partition coefficient (Wildman–Crippen LogP) is 2.92. The minimum atomic E-state index is -0.259. The third-order valence-corrected chi connectivity index (χ3v) is 4.08. The number of methoxy groups -OCH3 is 1. The Balaban J connectivity index is 1.87. The molecule has 0 unspecified atom stereocenters. The van der Waals surface area contributed by atoms with Gasteiger partial charge in [0.05, 0.1) is 12.7 Å². The molecule has 1 aromatic carbocycles. The minimum absolute atomic E-state index is 0.259. The van der Waals surface area contributed by atoms with Crippen molar-refractivity contribution in [2.45, 2.75) is 44.6 Å². The molecule has 0 radical (unpaired) electrons. The molecule has 1 aliphatic rings. The first-order valence-corrected chi connectivity index (χ1v) is 7.12. The highest BCUT2D eigenvalue weighted by Gasteiger charge is 2.18. The maximum Gasteiger partial charge on any atom is 0.337 e. The lowest BCUT2D eigenvalue weighted by Crippen LogP contribution is -2.26. The Hall–Kier alpha value is -1.35. The van der Waals surface area contributed by atoms with Gasteiger partial charge in [-0.1, -0.05) is 12.1 Å². The predicted molar refractivity (Wildman–Crippen MR) is 76.0 cm³/mol. The summed E-state index contributed by atoms with van der Waals surface area (Å²) in [7, 11) is 1.42. The molecule has 0 heterocycles. The number of rotatable bonds is 4. The molecule has 1 aliphatic carbocycles. The van der Waals surface area contributed by atoms with Crippen molar-refractivity contribution >= 4 is 5.97 Å². The van der Waals surface area contributed by atoms with Crippen molar-refractivity contribution < 1.29 is 9.53 Å². The summed E-state index contributed by atoms with van der Waals surface area (Å²) in [5.41, 5.74) is 7.79. The van der Waals surface area contributed by atoms with Crippen LogP contribution in [0.15, 0.2) is 24.3 Å².